The van der Waals surface area contributed by atoms with Gasteiger partial charge in [0.2, 0.25) is 0 Å². The van der Waals surface area contributed by atoms with Crippen molar-refractivity contribution < 1.29 is 14.6 Å². The number of ether oxygens (including phenoxy) is 1. The van der Waals surface area contributed by atoms with E-state index < -0.39 is 5.97 Å². The first-order valence-corrected chi connectivity index (χ1v) is 8.40. The molecule has 0 saturated carbocycles. The highest BCUT2D eigenvalue weighted by Crippen LogP contribution is 2.15. The molecule has 0 spiro atoms. The van der Waals surface area contributed by atoms with E-state index in [1.165, 1.54) is 0 Å². The molecule has 0 radical (unpaired) electrons. The normalized spacial score (nSPS) is 8.11. The minimum Gasteiger partial charge on any atom is -0.481 e. The summed E-state index contributed by atoms with van der Waals surface area (Å²) in [6, 6.07) is 9.08. The minimum atomic E-state index is -0.795. The van der Waals surface area contributed by atoms with Gasteiger partial charge in [0.25, 0.3) is 0 Å². The van der Waals surface area contributed by atoms with Crippen molar-refractivity contribution in [2.45, 2.75) is 38.5 Å². The van der Waals surface area contributed by atoms with E-state index in [0.717, 1.165) is 0 Å². The maximum Gasteiger partial charge on any atom is 0.303 e. The third-order valence-electron chi connectivity index (χ3n) is 3.03. The Morgan fingerprint density at radius 3 is 2.15 bits per heavy atom. The number of carbonyl (C=O) groups is 1. The van der Waals surface area contributed by atoms with Crippen molar-refractivity contribution in [3.05, 3.63) is 29.8 Å². The average Bonchev–Trinajstić information content (AvgIpc) is 2.67. The molecule has 27 heavy (non-hydrogen) atoms. The zero-order valence-corrected chi connectivity index (χ0v) is 15.0. The average molecular weight is 357 g/mol. The molecular formula is C23H19NO3. The number of para-hydroxylation sites is 1. The molecule has 1 aromatic carbocycles. The number of hydrogen-bond donors (Lipinski definition) is 1. The fourth-order valence-corrected chi connectivity index (χ4v) is 1.77. The number of benzene rings is 1. The van der Waals surface area contributed by atoms with Crippen LogP contribution in [0.2, 0.25) is 0 Å². The molecule has 0 aliphatic carbocycles. The first-order chi connectivity index (χ1) is 13.2. The smallest absolute Gasteiger partial charge is 0.303 e. The Hall–Kier alpha value is -3.78. The molecule has 0 aliphatic rings. The van der Waals surface area contributed by atoms with Crippen molar-refractivity contribution in [3.63, 3.8) is 0 Å². The first-order valence-electron chi connectivity index (χ1n) is 8.40. The maximum atomic E-state index is 10.3. The van der Waals surface area contributed by atoms with Crippen molar-refractivity contribution in [2.24, 2.45) is 0 Å². The van der Waals surface area contributed by atoms with E-state index >= 15 is 0 Å². The number of carboxylic acid groups (broad SMARTS) is 1. The fourth-order valence-electron chi connectivity index (χ4n) is 1.77. The Balaban J connectivity index is 2.15. The second kappa shape index (κ2) is 14.6. The van der Waals surface area contributed by atoms with E-state index in [9.17, 15) is 4.79 Å². The van der Waals surface area contributed by atoms with E-state index in [2.05, 4.69) is 53.4 Å². The molecule has 4 nitrogen and oxygen atoms in total. The standard InChI is InChI=1S/C23H19NO3/c24-20-21-16-13-14-17-22(21)27-19-15-11-9-7-5-3-1-2-4-6-8-10-12-18-23(25)26/h13-14,16-17H,3-4,9-10,12,18-19H2,(H,25,26). The number of nitriles is 1. The Morgan fingerprint density at radius 1 is 0.926 bits per heavy atom. The topological polar surface area (TPSA) is 70.3 Å². The molecule has 0 aliphatic heterocycles. The predicted molar refractivity (Wildman–Crippen MR) is 103 cm³/mol. The van der Waals surface area contributed by atoms with Crippen molar-refractivity contribution in [2.75, 3.05) is 6.61 Å². The molecule has 0 fully saturated rings. The van der Waals surface area contributed by atoms with Crippen molar-refractivity contribution >= 4 is 5.97 Å². The van der Waals surface area contributed by atoms with Gasteiger partial charge in [-0.2, -0.15) is 5.26 Å². The van der Waals surface area contributed by atoms with Crippen LogP contribution in [0, 0.1) is 58.7 Å². The van der Waals surface area contributed by atoms with Crippen LogP contribution in [0.25, 0.3) is 0 Å². The minimum absolute atomic E-state index is 0.151. The Morgan fingerprint density at radius 2 is 1.52 bits per heavy atom. The van der Waals surface area contributed by atoms with Crippen LogP contribution in [0.3, 0.4) is 0 Å². The fraction of sp³-hybridized carbons (Fsp3) is 0.304. The molecular weight excluding hydrogens is 338 g/mol. The predicted octanol–water partition coefficient (Wildman–Crippen LogP) is 3.38. The van der Waals surface area contributed by atoms with Gasteiger partial charge in [0.1, 0.15) is 18.4 Å². The zero-order valence-electron chi connectivity index (χ0n) is 15.0. The quantitative estimate of drug-likeness (QED) is 0.648. The number of nitrogens with zero attached hydrogens (tertiary/aromatic N) is 1. The summed E-state index contributed by atoms with van der Waals surface area (Å²) in [6.45, 7) is 0.214. The van der Waals surface area contributed by atoms with Crippen LogP contribution in [0.15, 0.2) is 24.3 Å². The van der Waals surface area contributed by atoms with Gasteiger partial charge in [0, 0.05) is 12.8 Å². The summed E-state index contributed by atoms with van der Waals surface area (Å²) in [7, 11) is 0. The summed E-state index contributed by atoms with van der Waals surface area (Å²) in [5, 5.41) is 17.4. The molecule has 1 N–H and O–H groups in total. The third kappa shape index (κ3) is 11.4. The second-order valence-electron chi connectivity index (χ2n) is 5.09. The molecule has 0 heterocycles. The van der Waals surface area contributed by atoms with Gasteiger partial charge in [-0.3, -0.25) is 4.79 Å². The Labute approximate surface area is 160 Å². The monoisotopic (exact) mass is 357 g/mol. The highest BCUT2D eigenvalue weighted by molar-refractivity contribution is 5.66. The second-order valence-corrected chi connectivity index (χ2v) is 5.09. The molecule has 1 rings (SSSR count). The van der Waals surface area contributed by atoms with Crippen molar-refractivity contribution in [1.82, 2.24) is 0 Å². The number of carboxylic acids is 1. The number of unbranched alkanes of at least 4 members (excludes halogenated alkanes) is 1. The number of rotatable bonds is 5. The van der Waals surface area contributed by atoms with Crippen LogP contribution in [-0.4, -0.2) is 17.7 Å². The lowest BCUT2D eigenvalue weighted by Gasteiger charge is -2.02. The van der Waals surface area contributed by atoms with Gasteiger partial charge in [-0.15, -0.1) is 5.92 Å². The van der Waals surface area contributed by atoms with Crippen molar-refractivity contribution in [1.29, 1.82) is 5.26 Å². The van der Waals surface area contributed by atoms with Crippen molar-refractivity contribution in [3.8, 4) is 59.2 Å². The Bertz CT molecular complexity index is 910. The lowest BCUT2D eigenvalue weighted by Crippen LogP contribution is -1.95. The molecule has 0 unspecified atom stereocenters. The molecule has 0 bridgehead atoms. The third-order valence-corrected chi connectivity index (χ3v) is 3.03. The summed E-state index contributed by atoms with van der Waals surface area (Å²) >= 11 is 0. The summed E-state index contributed by atoms with van der Waals surface area (Å²) in [4.78, 5) is 10.3. The number of hydrogen-bond acceptors (Lipinski definition) is 3. The maximum absolute atomic E-state index is 10.3. The van der Waals surface area contributed by atoms with Gasteiger partial charge in [-0.1, -0.05) is 53.6 Å². The number of aliphatic carboxylic acids is 1. The SMILES string of the molecule is N#Cc1ccccc1OCC#CCC#CCC#CCC#CCCCC(=O)O. The largest absolute Gasteiger partial charge is 0.481 e. The summed E-state index contributed by atoms with van der Waals surface area (Å²) in [6.07, 6.45) is 2.67. The van der Waals surface area contributed by atoms with Crippen LogP contribution < -0.4 is 4.74 Å². The van der Waals surface area contributed by atoms with Crippen LogP contribution in [0.4, 0.5) is 0 Å². The van der Waals surface area contributed by atoms with E-state index in [1.54, 1.807) is 24.3 Å². The highest BCUT2D eigenvalue weighted by atomic mass is 16.5. The first kappa shape index (κ1) is 21.3. The molecule has 0 atom stereocenters. The van der Waals surface area contributed by atoms with Gasteiger partial charge in [0.15, 0.2) is 0 Å². The van der Waals surface area contributed by atoms with Gasteiger partial charge in [-0.25, -0.2) is 0 Å². The van der Waals surface area contributed by atoms with E-state index in [1.807, 2.05) is 0 Å². The summed E-state index contributed by atoms with van der Waals surface area (Å²) < 4.78 is 5.44. The van der Waals surface area contributed by atoms with Gasteiger partial charge in [0.05, 0.1) is 24.8 Å². The highest BCUT2D eigenvalue weighted by Gasteiger charge is 1.99. The van der Waals surface area contributed by atoms with Crippen LogP contribution in [0.1, 0.15) is 44.1 Å². The van der Waals surface area contributed by atoms with E-state index in [4.69, 9.17) is 15.1 Å². The van der Waals surface area contributed by atoms with Crippen LogP contribution in [0.5, 0.6) is 5.75 Å². The Kier molecular flexibility index (Phi) is 11.5. The lowest BCUT2D eigenvalue weighted by atomic mass is 10.2. The van der Waals surface area contributed by atoms with Gasteiger partial charge >= 0.3 is 5.97 Å². The molecule has 0 aromatic heterocycles. The lowest BCUT2D eigenvalue weighted by molar-refractivity contribution is -0.137. The van der Waals surface area contributed by atoms with E-state index in [0.29, 0.717) is 43.4 Å². The van der Waals surface area contributed by atoms with E-state index in [-0.39, 0.29) is 13.0 Å². The molecule has 134 valence electrons. The van der Waals surface area contributed by atoms with Gasteiger partial charge < -0.3 is 9.84 Å². The summed E-state index contributed by atoms with van der Waals surface area (Å²) in [5.41, 5.74) is 0.489. The molecule has 1 aromatic rings. The van der Waals surface area contributed by atoms with Crippen LogP contribution in [-0.2, 0) is 4.79 Å². The molecule has 0 saturated heterocycles. The van der Waals surface area contributed by atoms with Crippen LogP contribution >= 0.6 is 0 Å². The van der Waals surface area contributed by atoms with Gasteiger partial charge in [-0.05, 0) is 18.6 Å². The molecule has 0 amide bonds. The zero-order chi connectivity index (χ0) is 19.6. The summed E-state index contributed by atoms with van der Waals surface area (Å²) in [5.74, 6) is 22.9. The molecule has 4 heteroatoms.